The standard InChI is InChI=1S/C10H12ClN3/c11-8-4-7(2-1-3-12)5-9-10(8)14-6-13-9/h4-6H,1-3,12H2,(H,13,14). The Morgan fingerprint density at radius 3 is 3.07 bits per heavy atom. The van der Waals surface area contributed by atoms with Crippen LogP contribution in [0.25, 0.3) is 11.0 Å². The molecule has 0 bridgehead atoms. The summed E-state index contributed by atoms with van der Waals surface area (Å²) in [6, 6.07) is 4.03. The predicted octanol–water partition coefficient (Wildman–Crippen LogP) is 2.11. The zero-order valence-electron chi connectivity index (χ0n) is 7.76. The van der Waals surface area contributed by atoms with Gasteiger partial charge in [-0.05, 0) is 37.1 Å². The van der Waals surface area contributed by atoms with E-state index in [2.05, 4.69) is 16.0 Å². The molecule has 1 aromatic heterocycles. The number of nitrogens with two attached hydrogens (primary N) is 1. The molecule has 0 saturated heterocycles. The molecule has 4 heteroatoms. The number of benzene rings is 1. The summed E-state index contributed by atoms with van der Waals surface area (Å²) in [5.74, 6) is 0. The summed E-state index contributed by atoms with van der Waals surface area (Å²) >= 11 is 6.07. The third-order valence-electron chi connectivity index (χ3n) is 2.21. The van der Waals surface area contributed by atoms with E-state index in [0.29, 0.717) is 11.6 Å². The molecular weight excluding hydrogens is 198 g/mol. The van der Waals surface area contributed by atoms with Gasteiger partial charge in [0.2, 0.25) is 0 Å². The summed E-state index contributed by atoms with van der Waals surface area (Å²) in [7, 11) is 0. The number of fused-ring (bicyclic) bond motifs is 1. The third-order valence-corrected chi connectivity index (χ3v) is 2.49. The number of imidazole rings is 1. The van der Waals surface area contributed by atoms with E-state index in [1.165, 1.54) is 5.56 Å². The van der Waals surface area contributed by atoms with Crippen molar-refractivity contribution in [2.45, 2.75) is 12.8 Å². The van der Waals surface area contributed by atoms with Crippen LogP contribution in [0.15, 0.2) is 18.5 Å². The van der Waals surface area contributed by atoms with Crippen molar-refractivity contribution in [1.82, 2.24) is 9.97 Å². The maximum absolute atomic E-state index is 6.07. The molecule has 0 atom stereocenters. The summed E-state index contributed by atoms with van der Waals surface area (Å²) in [4.78, 5) is 7.18. The maximum Gasteiger partial charge on any atom is 0.107 e. The fourth-order valence-corrected chi connectivity index (χ4v) is 1.80. The van der Waals surface area contributed by atoms with Crippen LogP contribution < -0.4 is 5.73 Å². The highest BCUT2D eigenvalue weighted by Gasteiger charge is 2.03. The first-order valence-corrected chi connectivity index (χ1v) is 5.00. The Labute approximate surface area is 87.3 Å². The number of aromatic amines is 1. The minimum Gasteiger partial charge on any atom is -0.345 e. The molecule has 0 radical (unpaired) electrons. The molecule has 0 aliphatic carbocycles. The zero-order valence-corrected chi connectivity index (χ0v) is 8.51. The van der Waals surface area contributed by atoms with Gasteiger partial charge >= 0.3 is 0 Å². The molecule has 3 N–H and O–H groups in total. The van der Waals surface area contributed by atoms with Crippen molar-refractivity contribution in [3.63, 3.8) is 0 Å². The van der Waals surface area contributed by atoms with Gasteiger partial charge in [-0.15, -0.1) is 0 Å². The van der Waals surface area contributed by atoms with Gasteiger partial charge < -0.3 is 10.7 Å². The molecule has 0 spiro atoms. The van der Waals surface area contributed by atoms with Gasteiger partial charge in [0.05, 0.1) is 16.9 Å². The zero-order chi connectivity index (χ0) is 9.97. The van der Waals surface area contributed by atoms with Crippen LogP contribution in [0.2, 0.25) is 5.02 Å². The second-order valence-electron chi connectivity index (χ2n) is 3.27. The molecule has 14 heavy (non-hydrogen) atoms. The van der Waals surface area contributed by atoms with E-state index < -0.39 is 0 Å². The van der Waals surface area contributed by atoms with Crippen LogP contribution in [-0.4, -0.2) is 16.5 Å². The van der Waals surface area contributed by atoms with E-state index in [9.17, 15) is 0 Å². The highest BCUT2D eigenvalue weighted by Crippen LogP contribution is 2.22. The van der Waals surface area contributed by atoms with E-state index >= 15 is 0 Å². The molecule has 74 valence electrons. The summed E-state index contributed by atoms with van der Waals surface area (Å²) < 4.78 is 0. The smallest absolute Gasteiger partial charge is 0.107 e. The first-order valence-electron chi connectivity index (χ1n) is 4.63. The number of aryl methyl sites for hydroxylation is 1. The van der Waals surface area contributed by atoms with Crippen molar-refractivity contribution in [2.24, 2.45) is 5.73 Å². The third kappa shape index (κ3) is 1.74. The molecule has 0 unspecified atom stereocenters. The van der Waals surface area contributed by atoms with E-state index in [0.717, 1.165) is 23.9 Å². The Bertz CT molecular complexity index is 436. The Morgan fingerprint density at radius 2 is 2.29 bits per heavy atom. The molecule has 0 saturated carbocycles. The highest BCUT2D eigenvalue weighted by molar-refractivity contribution is 6.35. The molecule has 3 nitrogen and oxygen atoms in total. The number of hydrogen-bond acceptors (Lipinski definition) is 2. The molecule has 0 aliphatic heterocycles. The molecule has 2 rings (SSSR count). The molecule has 0 amide bonds. The molecule has 1 heterocycles. The number of halogens is 1. The Kier molecular flexibility index (Phi) is 2.70. The lowest BCUT2D eigenvalue weighted by atomic mass is 10.1. The average molecular weight is 210 g/mol. The average Bonchev–Trinajstić information content (AvgIpc) is 2.63. The highest BCUT2D eigenvalue weighted by atomic mass is 35.5. The van der Waals surface area contributed by atoms with Crippen LogP contribution in [0.5, 0.6) is 0 Å². The van der Waals surface area contributed by atoms with Gasteiger partial charge in [0.25, 0.3) is 0 Å². The normalized spacial score (nSPS) is 11.0. The molecule has 0 aliphatic rings. The number of H-pyrrole nitrogens is 1. The van der Waals surface area contributed by atoms with Crippen LogP contribution >= 0.6 is 11.6 Å². The van der Waals surface area contributed by atoms with Gasteiger partial charge in [0.1, 0.15) is 5.52 Å². The minimum atomic E-state index is 0.704. The second-order valence-corrected chi connectivity index (χ2v) is 3.68. The van der Waals surface area contributed by atoms with E-state index in [1.54, 1.807) is 6.33 Å². The van der Waals surface area contributed by atoms with Crippen molar-refractivity contribution >= 4 is 22.6 Å². The summed E-state index contributed by atoms with van der Waals surface area (Å²) in [5, 5.41) is 0.704. The van der Waals surface area contributed by atoms with Gasteiger partial charge in [-0.25, -0.2) is 4.98 Å². The van der Waals surface area contributed by atoms with Crippen molar-refractivity contribution in [1.29, 1.82) is 0 Å². The van der Waals surface area contributed by atoms with Gasteiger partial charge in [-0.1, -0.05) is 11.6 Å². The van der Waals surface area contributed by atoms with E-state index in [-0.39, 0.29) is 0 Å². The predicted molar refractivity (Wildman–Crippen MR) is 58.5 cm³/mol. The van der Waals surface area contributed by atoms with E-state index in [4.69, 9.17) is 17.3 Å². The minimum absolute atomic E-state index is 0.704. The lowest BCUT2D eigenvalue weighted by Gasteiger charge is -2.01. The van der Waals surface area contributed by atoms with Crippen molar-refractivity contribution in [3.8, 4) is 0 Å². The monoisotopic (exact) mass is 209 g/mol. The number of rotatable bonds is 3. The summed E-state index contributed by atoms with van der Waals surface area (Å²) in [6.45, 7) is 0.707. The maximum atomic E-state index is 6.07. The Balaban J connectivity index is 2.38. The Morgan fingerprint density at radius 1 is 1.43 bits per heavy atom. The number of nitrogens with one attached hydrogen (secondary N) is 1. The van der Waals surface area contributed by atoms with Gasteiger partial charge in [-0.2, -0.15) is 0 Å². The summed E-state index contributed by atoms with van der Waals surface area (Å²) in [5.41, 5.74) is 8.49. The Hall–Kier alpha value is -1.06. The van der Waals surface area contributed by atoms with Crippen LogP contribution in [0.4, 0.5) is 0 Å². The fraction of sp³-hybridized carbons (Fsp3) is 0.300. The van der Waals surface area contributed by atoms with Crippen LogP contribution in [0.3, 0.4) is 0 Å². The molecule has 2 aromatic rings. The number of hydrogen-bond donors (Lipinski definition) is 2. The van der Waals surface area contributed by atoms with Crippen molar-refractivity contribution in [2.75, 3.05) is 6.54 Å². The quantitative estimate of drug-likeness (QED) is 0.814. The van der Waals surface area contributed by atoms with Gasteiger partial charge in [0.15, 0.2) is 0 Å². The van der Waals surface area contributed by atoms with Crippen LogP contribution in [0.1, 0.15) is 12.0 Å². The number of aromatic nitrogens is 2. The van der Waals surface area contributed by atoms with Crippen LogP contribution in [0, 0.1) is 0 Å². The molecular formula is C10H12ClN3. The first kappa shape index (κ1) is 9.49. The van der Waals surface area contributed by atoms with Crippen molar-refractivity contribution in [3.05, 3.63) is 29.0 Å². The lowest BCUT2D eigenvalue weighted by Crippen LogP contribution is -2.00. The summed E-state index contributed by atoms with van der Waals surface area (Å²) in [6.07, 6.45) is 3.60. The SMILES string of the molecule is NCCCc1cc(Cl)c2nc[nH]c2c1. The first-order chi connectivity index (χ1) is 6.81. The van der Waals surface area contributed by atoms with Gasteiger partial charge in [0, 0.05) is 0 Å². The lowest BCUT2D eigenvalue weighted by molar-refractivity contribution is 0.833. The topological polar surface area (TPSA) is 54.7 Å². The van der Waals surface area contributed by atoms with E-state index in [1.807, 2.05) is 6.07 Å². The van der Waals surface area contributed by atoms with Crippen molar-refractivity contribution < 1.29 is 0 Å². The largest absolute Gasteiger partial charge is 0.345 e. The molecule has 0 fully saturated rings. The fourth-order valence-electron chi connectivity index (χ4n) is 1.51. The van der Waals surface area contributed by atoms with Gasteiger partial charge in [-0.3, -0.25) is 0 Å². The second kappa shape index (κ2) is 3.98. The molecule has 1 aromatic carbocycles. The van der Waals surface area contributed by atoms with Crippen LogP contribution in [-0.2, 0) is 6.42 Å². The number of nitrogens with zero attached hydrogens (tertiary/aromatic N) is 1.